The molecule has 5 amide bonds. The number of carboxylic acids is 1. The number of benzene rings is 1. The van der Waals surface area contributed by atoms with E-state index in [9.17, 15) is 39.0 Å². The van der Waals surface area contributed by atoms with Crippen LogP contribution in [0.15, 0.2) is 24.3 Å². The molecule has 10 N–H and O–H groups in total. The molecule has 0 bridgehead atoms. The molecule has 14 nitrogen and oxygen atoms in total. The van der Waals surface area contributed by atoms with Crippen molar-refractivity contribution < 1.29 is 39.0 Å². The largest absolute Gasteiger partial charge is 0.508 e. The fourth-order valence-corrected chi connectivity index (χ4v) is 3.91. The molecule has 14 heteroatoms. The normalized spacial score (nSPS) is 14.5. The van der Waals surface area contributed by atoms with E-state index in [1.54, 1.807) is 12.1 Å². The second-order valence-corrected chi connectivity index (χ2v) is 10.7. The minimum Gasteiger partial charge on any atom is -0.508 e. The number of carboxylic acid groups (broad SMARTS) is 1. The number of hydrogen-bond donors (Lipinski definition) is 8. The molecule has 0 aliphatic carbocycles. The Balaban J connectivity index is 3.01. The lowest BCUT2D eigenvalue weighted by molar-refractivity contribution is -0.142. The van der Waals surface area contributed by atoms with Crippen molar-refractivity contribution in [3.05, 3.63) is 29.8 Å². The lowest BCUT2D eigenvalue weighted by Gasteiger charge is -2.26. The van der Waals surface area contributed by atoms with Crippen molar-refractivity contribution in [2.24, 2.45) is 23.3 Å². The fraction of sp³-hybridized carbons (Fsp3) is 0.571. The van der Waals surface area contributed by atoms with Gasteiger partial charge in [-0.1, -0.05) is 46.2 Å². The van der Waals surface area contributed by atoms with Crippen LogP contribution in [0.5, 0.6) is 5.75 Å². The van der Waals surface area contributed by atoms with Gasteiger partial charge in [0.1, 0.15) is 23.9 Å². The third-order valence-corrected chi connectivity index (χ3v) is 6.64. The van der Waals surface area contributed by atoms with Gasteiger partial charge in [-0.25, -0.2) is 4.79 Å². The van der Waals surface area contributed by atoms with E-state index in [0.29, 0.717) is 12.0 Å². The number of aromatic hydroxyl groups is 1. The van der Waals surface area contributed by atoms with Gasteiger partial charge in [0.05, 0.1) is 12.6 Å². The molecule has 1 aromatic carbocycles. The Morgan fingerprint density at radius 3 is 1.98 bits per heavy atom. The number of nitrogens with two attached hydrogens (primary N) is 2. The van der Waals surface area contributed by atoms with Gasteiger partial charge in [-0.3, -0.25) is 24.0 Å². The first-order chi connectivity index (χ1) is 19.6. The first-order valence-corrected chi connectivity index (χ1v) is 13.9. The van der Waals surface area contributed by atoms with Gasteiger partial charge in [-0.15, -0.1) is 0 Å². The number of amides is 5. The highest BCUT2D eigenvalue weighted by molar-refractivity contribution is 5.94. The summed E-state index contributed by atoms with van der Waals surface area (Å²) in [5, 5.41) is 28.8. The molecule has 0 fully saturated rings. The summed E-state index contributed by atoms with van der Waals surface area (Å²) in [5.41, 5.74) is 11.7. The van der Waals surface area contributed by atoms with Crippen molar-refractivity contribution in [1.29, 1.82) is 0 Å². The highest BCUT2D eigenvalue weighted by atomic mass is 16.4. The van der Waals surface area contributed by atoms with E-state index >= 15 is 0 Å². The fourth-order valence-electron chi connectivity index (χ4n) is 3.91. The Morgan fingerprint density at radius 2 is 1.45 bits per heavy atom. The van der Waals surface area contributed by atoms with Crippen LogP contribution in [0.2, 0.25) is 0 Å². The SMILES string of the molecule is CC[C@H](C)[C@H](N)C(=O)N[C@@H](Cc1ccc(O)cc1)C(=O)N[C@@H](CC(C)C)C(=O)NCC(=O)N[C@@H](CCC(N)=O)C(=O)O. The van der Waals surface area contributed by atoms with Gasteiger partial charge in [0.15, 0.2) is 0 Å². The second kappa shape index (κ2) is 17.6. The molecule has 42 heavy (non-hydrogen) atoms. The molecular formula is C28H44N6O8. The summed E-state index contributed by atoms with van der Waals surface area (Å²) < 4.78 is 0. The van der Waals surface area contributed by atoms with Gasteiger partial charge in [-0.05, 0) is 42.4 Å². The summed E-state index contributed by atoms with van der Waals surface area (Å²) in [6.07, 6.45) is 0.417. The zero-order chi connectivity index (χ0) is 32.0. The first-order valence-electron chi connectivity index (χ1n) is 13.9. The molecule has 0 saturated carbocycles. The molecule has 5 atom stereocenters. The maximum atomic E-state index is 13.4. The zero-order valence-corrected chi connectivity index (χ0v) is 24.5. The maximum Gasteiger partial charge on any atom is 0.326 e. The molecule has 0 heterocycles. The van der Waals surface area contributed by atoms with Crippen molar-refractivity contribution in [2.45, 2.75) is 84.0 Å². The van der Waals surface area contributed by atoms with Crippen LogP contribution in [-0.4, -0.2) is 76.4 Å². The minimum atomic E-state index is -1.38. The quantitative estimate of drug-likeness (QED) is 0.107. The van der Waals surface area contributed by atoms with E-state index in [1.807, 2.05) is 27.7 Å². The Hall–Kier alpha value is -4.20. The monoisotopic (exact) mass is 592 g/mol. The Labute approximate surface area is 245 Å². The first kappa shape index (κ1) is 35.8. The van der Waals surface area contributed by atoms with Gasteiger partial charge in [0.2, 0.25) is 29.5 Å². The standard InChI is InChI=1S/C28H44N6O8/c1-5-16(4)24(30)27(40)34-21(13-17-6-8-18(35)9-7-17)26(39)33-20(12-15(2)3)25(38)31-14-23(37)32-19(28(41)42)10-11-22(29)36/h6-9,15-16,19-21,24,35H,5,10-14,30H2,1-4H3,(H2,29,36)(H,31,38)(H,32,37)(H,33,39)(H,34,40)(H,41,42)/t16-,19-,20-,21-,24-/m0/s1. The van der Waals surface area contributed by atoms with Crippen molar-refractivity contribution in [2.75, 3.05) is 6.54 Å². The molecule has 234 valence electrons. The zero-order valence-electron chi connectivity index (χ0n) is 24.5. The van der Waals surface area contributed by atoms with E-state index in [-0.39, 0.29) is 43.3 Å². The summed E-state index contributed by atoms with van der Waals surface area (Å²) in [6.45, 7) is 6.78. The lowest BCUT2D eigenvalue weighted by Crippen LogP contribution is -2.57. The average Bonchev–Trinajstić information content (AvgIpc) is 2.92. The number of nitrogens with one attached hydrogen (secondary N) is 4. The highest BCUT2D eigenvalue weighted by Gasteiger charge is 2.30. The third kappa shape index (κ3) is 13.0. The predicted octanol–water partition coefficient (Wildman–Crippen LogP) is -0.725. The number of primary amides is 1. The van der Waals surface area contributed by atoms with Gasteiger partial charge >= 0.3 is 5.97 Å². The van der Waals surface area contributed by atoms with Gasteiger partial charge < -0.3 is 42.9 Å². The molecule has 0 aliphatic heterocycles. The summed E-state index contributed by atoms with van der Waals surface area (Å²) in [6, 6.07) is 1.65. The highest BCUT2D eigenvalue weighted by Crippen LogP contribution is 2.13. The molecule has 0 aromatic heterocycles. The summed E-state index contributed by atoms with van der Waals surface area (Å²) in [4.78, 5) is 73.9. The van der Waals surface area contributed by atoms with Gasteiger partial charge in [0.25, 0.3) is 0 Å². The molecule has 0 unspecified atom stereocenters. The summed E-state index contributed by atoms with van der Waals surface area (Å²) in [5.74, 6) is -4.96. The Kier molecular flexibility index (Phi) is 15.0. The van der Waals surface area contributed by atoms with E-state index in [0.717, 1.165) is 0 Å². The second-order valence-electron chi connectivity index (χ2n) is 10.7. The van der Waals surface area contributed by atoms with Crippen LogP contribution in [0.4, 0.5) is 0 Å². The van der Waals surface area contributed by atoms with Crippen LogP contribution in [0.25, 0.3) is 0 Å². The molecule has 0 aliphatic rings. The Morgan fingerprint density at radius 1 is 0.857 bits per heavy atom. The van der Waals surface area contributed by atoms with Crippen molar-refractivity contribution >= 4 is 35.5 Å². The van der Waals surface area contributed by atoms with Crippen molar-refractivity contribution in [3.8, 4) is 5.75 Å². The lowest BCUT2D eigenvalue weighted by atomic mass is 9.97. The number of hydrogen-bond acceptors (Lipinski definition) is 8. The molecule has 1 rings (SSSR count). The van der Waals surface area contributed by atoms with E-state index < -0.39 is 66.2 Å². The van der Waals surface area contributed by atoms with Crippen LogP contribution >= 0.6 is 0 Å². The molecule has 1 aromatic rings. The van der Waals surface area contributed by atoms with Crippen LogP contribution in [-0.2, 0) is 35.2 Å². The van der Waals surface area contributed by atoms with E-state index in [1.165, 1.54) is 12.1 Å². The van der Waals surface area contributed by atoms with Crippen molar-refractivity contribution in [1.82, 2.24) is 21.3 Å². The third-order valence-electron chi connectivity index (χ3n) is 6.64. The topological polar surface area (TPSA) is 243 Å². The number of phenolic OH excluding ortho intramolecular Hbond substituents is 1. The number of carbonyl (C=O) groups is 6. The number of phenols is 1. The average molecular weight is 593 g/mol. The molecular weight excluding hydrogens is 548 g/mol. The van der Waals surface area contributed by atoms with Crippen LogP contribution in [0.3, 0.4) is 0 Å². The van der Waals surface area contributed by atoms with Crippen LogP contribution in [0, 0.1) is 11.8 Å². The van der Waals surface area contributed by atoms with E-state index in [4.69, 9.17) is 11.5 Å². The van der Waals surface area contributed by atoms with E-state index in [2.05, 4.69) is 21.3 Å². The number of aliphatic carboxylic acids is 1. The number of carbonyl (C=O) groups excluding carboxylic acids is 5. The van der Waals surface area contributed by atoms with Gasteiger partial charge in [0, 0.05) is 12.8 Å². The predicted molar refractivity (Wildman–Crippen MR) is 154 cm³/mol. The Bertz CT molecular complexity index is 1090. The molecule has 0 spiro atoms. The smallest absolute Gasteiger partial charge is 0.326 e. The van der Waals surface area contributed by atoms with Crippen LogP contribution in [0.1, 0.15) is 58.9 Å². The molecule has 0 radical (unpaired) electrons. The minimum absolute atomic E-state index is 0.0304. The molecule has 0 saturated heterocycles. The van der Waals surface area contributed by atoms with Crippen molar-refractivity contribution in [3.63, 3.8) is 0 Å². The van der Waals surface area contributed by atoms with Crippen LogP contribution < -0.4 is 32.7 Å². The summed E-state index contributed by atoms with van der Waals surface area (Å²) >= 11 is 0. The number of rotatable bonds is 18. The van der Waals surface area contributed by atoms with Gasteiger partial charge in [-0.2, -0.15) is 0 Å². The maximum absolute atomic E-state index is 13.4. The summed E-state index contributed by atoms with van der Waals surface area (Å²) in [7, 11) is 0.